The smallest absolute Gasteiger partial charge is 0.0372 e. The highest BCUT2D eigenvalue weighted by Crippen LogP contribution is 2.10. The molecule has 2 rings (SSSR count). The van der Waals surface area contributed by atoms with E-state index in [1.165, 1.54) is 11.3 Å². The number of pyridine rings is 1. The molecule has 0 amide bonds. The second-order valence-corrected chi connectivity index (χ2v) is 5.10. The summed E-state index contributed by atoms with van der Waals surface area (Å²) in [5.41, 5.74) is 3.58. The van der Waals surface area contributed by atoms with Crippen molar-refractivity contribution in [1.29, 1.82) is 0 Å². The Kier molecular flexibility index (Phi) is 5.56. The van der Waals surface area contributed by atoms with E-state index in [1.807, 2.05) is 13.1 Å². The van der Waals surface area contributed by atoms with E-state index in [-0.39, 0.29) is 0 Å². The molecule has 0 aliphatic rings. The summed E-state index contributed by atoms with van der Waals surface area (Å²) in [6.07, 6.45) is 3.07. The zero-order valence-corrected chi connectivity index (χ0v) is 12.3. The van der Waals surface area contributed by atoms with Gasteiger partial charge in [0.05, 0.1) is 0 Å². The number of nitrogens with one attached hydrogen (secondary N) is 1. The zero-order valence-electron chi connectivity index (χ0n) is 12.3. The maximum absolute atomic E-state index is 4.30. The topological polar surface area (TPSA) is 28.2 Å². The predicted octanol–water partition coefficient (Wildman–Crippen LogP) is 3.01. The molecule has 2 aromatic rings. The summed E-state index contributed by atoms with van der Waals surface area (Å²) in [5.74, 6) is 0. The van der Waals surface area contributed by atoms with Crippen molar-refractivity contribution in [3.05, 3.63) is 59.9 Å². The lowest BCUT2D eigenvalue weighted by atomic mass is 10.2. The number of aryl methyl sites for hydroxylation is 1. The van der Waals surface area contributed by atoms with Crippen LogP contribution in [0.2, 0.25) is 0 Å². The van der Waals surface area contributed by atoms with Crippen molar-refractivity contribution in [1.82, 2.24) is 10.3 Å². The van der Waals surface area contributed by atoms with Crippen LogP contribution in [0.15, 0.2) is 48.7 Å². The monoisotopic (exact) mass is 269 g/mol. The molecule has 1 N–H and O–H groups in total. The van der Waals surface area contributed by atoms with Gasteiger partial charge in [-0.05, 0) is 43.7 Å². The Morgan fingerprint density at radius 2 is 1.90 bits per heavy atom. The molecule has 0 spiro atoms. The van der Waals surface area contributed by atoms with Gasteiger partial charge in [0, 0.05) is 37.7 Å². The third kappa shape index (κ3) is 4.67. The summed E-state index contributed by atoms with van der Waals surface area (Å²) in [5, 5.41) is 3.46. The molecule has 0 fully saturated rings. The Labute approximate surface area is 121 Å². The van der Waals surface area contributed by atoms with Crippen LogP contribution in [0.5, 0.6) is 0 Å². The fraction of sp³-hybridized carbons (Fsp3) is 0.353. The van der Waals surface area contributed by atoms with E-state index < -0.39 is 0 Å². The molecule has 1 heterocycles. The van der Waals surface area contributed by atoms with Crippen LogP contribution in [0.4, 0.5) is 5.69 Å². The van der Waals surface area contributed by atoms with Crippen LogP contribution in [0.3, 0.4) is 0 Å². The van der Waals surface area contributed by atoms with Gasteiger partial charge >= 0.3 is 0 Å². The molecule has 0 saturated heterocycles. The molecule has 0 aliphatic carbocycles. The van der Waals surface area contributed by atoms with Gasteiger partial charge in [-0.25, -0.2) is 0 Å². The van der Waals surface area contributed by atoms with Crippen LogP contribution in [-0.2, 0) is 6.54 Å². The van der Waals surface area contributed by atoms with Crippen molar-refractivity contribution < 1.29 is 0 Å². The van der Waals surface area contributed by atoms with E-state index in [9.17, 15) is 0 Å². The van der Waals surface area contributed by atoms with Crippen molar-refractivity contribution in [3.63, 3.8) is 0 Å². The first-order valence-corrected chi connectivity index (χ1v) is 7.14. The van der Waals surface area contributed by atoms with Crippen molar-refractivity contribution in [3.8, 4) is 0 Å². The molecule has 1 aromatic heterocycles. The molecule has 0 aliphatic heterocycles. The zero-order chi connectivity index (χ0) is 14.2. The van der Waals surface area contributed by atoms with Gasteiger partial charge in [0.25, 0.3) is 0 Å². The molecule has 0 radical (unpaired) electrons. The molecular weight excluding hydrogens is 246 g/mol. The number of nitrogens with zero attached hydrogens (tertiary/aromatic N) is 2. The van der Waals surface area contributed by atoms with E-state index in [2.05, 4.69) is 64.7 Å². The number of benzene rings is 1. The van der Waals surface area contributed by atoms with Gasteiger partial charge in [-0.2, -0.15) is 0 Å². The van der Waals surface area contributed by atoms with Crippen molar-refractivity contribution in [2.75, 3.05) is 25.0 Å². The molecule has 0 unspecified atom stereocenters. The minimum atomic E-state index is 0.891. The number of hydrogen-bond donors (Lipinski definition) is 1. The number of rotatable bonds is 7. The van der Waals surface area contributed by atoms with Crippen LogP contribution >= 0.6 is 0 Å². The van der Waals surface area contributed by atoms with Gasteiger partial charge in [-0.1, -0.05) is 24.3 Å². The number of hydrogen-bond acceptors (Lipinski definition) is 3. The quantitative estimate of drug-likeness (QED) is 0.783. The lowest BCUT2D eigenvalue weighted by Gasteiger charge is -2.19. The molecule has 20 heavy (non-hydrogen) atoms. The van der Waals surface area contributed by atoms with Crippen LogP contribution in [0.1, 0.15) is 17.7 Å². The van der Waals surface area contributed by atoms with Crippen LogP contribution < -0.4 is 10.2 Å². The predicted molar refractivity (Wildman–Crippen MR) is 85.0 cm³/mol. The summed E-state index contributed by atoms with van der Waals surface area (Å²) in [6.45, 7) is 4.98. The van der Waals surface area contributed by atoms with Crippen LogP contribution in [-0.4, -0.2) is 25.1 Å². The minimum absolute atomic E-state index is 0.891. The Balaban J connectivity index is 1.63. The maximum Gasteiger partial charge on any atom is 0.0372 e. The SMILES string of the molecule is Cc1ccc(CNCCCN(C)c2ccccc2)cn1. The average Bonchev–Trinajstić information content (AvgIpc) is 2.49. The first kappa shape index (κ1) is 14.5. The maximum atomic E-state index is 4.30. The molecule has 0 atom stereocenters. The summed E-state index contributed by atoms with van der Waals surface area (Å²) >= 11 is 0. The fourth-order valence-electron chi connectivity index (χ4n) is 2.09. The van der Waals surface area contributed by atoms with E-state index >= 15 is 0 Å². The lowest BCUT2D eigenvalue weighted by Crippen LogP contribution is -2.23. The molecular formula is C17H23N3. The Hall–Kier alpha value is -1.87. The molecule has 0 bridgehead atoms. The van der Waals surface area contributed by atoms with Crippen molar-refractivity contribution >= 4 is 5.69 Å². The third-order valence-electron chi connectivity index (χ3n) is 3.35. The van der Waals surface area contributed by atoms with Crippen molar-refractivity contribution in [2.45, 2.75) is 19.9 Å². The Bertz CT molecular complexity index is 493. The molecule has 3 nitrogen and oxygen atoms in total. The standard InChI is InChI=1S/C17H23N3/c1-15-9-10-16(14-19-15)13-18-11-6-12-20(2)17-7-4-3-5-8-17/h3-5,7-10,14,18H,6,11-13H2,1-2H3. The van der Waals surface area contributed by atoms with Crippen LogP contribution in [0.25, 0.3) is 0 Å². The Morgan fingerprint density at radius 1 is 1.10 bits per heavy atom. The van der Waals surface area contributed by atoms with Gasteiger partial charge in [0.2, 0.25) is 0 Å². The highest BCUT2D eigenvalue weighted by molar-refractivity contribution is 5.44. The number of aromatic nitrogens is 1. The number of para-hydroxylation sites is 1. The van der Waals surface area contributed by atoms with E-state index in [1.54, 1.807) is 0 Å². The highest BCUT2D eigenvalue weighted by atomic mass is 15.1. The molecule has 1 aromatic carbocycles. The van der Waals surface area contributed by atoms with Gasteiger partial charge in [0.15, 0.2) is 0 Å². The van der Waals surface area contributed by atoms with Gasteiger partial charge in [-0.15, -0.1) is 0 Å². The first-order chi connectivity index (χ1) is 9.75. The van der Waals surface area contributed by atoms with E-state index in [4.69, 9.17) is 0 Å². The molecule has 0 saturated carbocycles. The molecule has 106 valence electrons. The van der Waals surface area contributed by atoms with Crippen molar-refractivity contribution in [2.24, 2.45) is 0 Å². The van der Waals surface area contributed by atoms with Crippen LogP contribution in [0, 0.1) is 6.92 Å². The summed E-state index contributed by atoms with van der Waals surface area (Å²) < 4.78 is 0. The largest absolute Gasteiger partial charge is 0.375 e. The normalized spacial score (nSPS) is 10.5. The minimum Gasteiger partial charge on any atom is -0.375 e. The second-order valence-electron chi connectivity index (χ2n) is 5.10. The van der Waals surface area contributed by atoms with Gasteiger partial charge in [-0.3, -0.25) is 4.98 Å². The Morgan fingerprint density at radius 3 is 2.60 bits per heavy atom. The van der Waals surface area contributed by atoms with Gasteiger partial charge < -0.3 is 10.2 Å². The summed E-state index contributed by atoms with van der Waals surface area (Å²) in [6, 6.07) is 14.7. The summed E-state index contributed by atoms with van der Waals surface area (Å²) in [7, 11) is 2.14. The van der Waals surface area contributed by atoms with E-state index in [0.29, 0.717) is 0 Å². The number of anilines is 1. The average molecular weight is 269 g/mol. The second kappa shape index (κ2) is 7.65. The van der Waals surface area contributed by atoms with E-state index in [0.717, 1.165) is 31.7 Å². The fourth-order valence-corrected chi connectivity index (χ4v) is 2.09. The highest BCUT2D eigenvalue weighted by Gasteiger charge is 1.99. The third-order valence-corrected chi connectivity index (χ3v) is 3.35. The summed E-state index contributed by atoms with van der Waals surface area (Å²) in [4.78, 5) is 6.58. The van der Waals surface area contributed by atoms with Gasteiger partial charge in [0.1, 0.15) is 0 Å². The lowest BCUT2D eigenvalue weighted by molar-refractivity contribution is 0.644. The molecule has 3 heteroatoms. The first-order valence-electron chi connectivity index (χ1n) is 7.14.